The van der Waals surface area contributed by atoms with Crippen LogP contribution in [0.3, 0.4) is 0 Å². The summed E-state index contributed by atoms with van der Waals surface area (Å²) < 4.78 is 0. The lowest BCUT2D eigenvalue weighted by atomic mass is 9.75. The maximum Gasteiger partial charge on any atom is 0.250 e. The van der Waals surface area contributed by atoms with Crippen molar-refractivity contribution in [1.29, 1.82) is 0 Å². The third-order valence-corrected chi connectivity index (χ3v) is 7.60. The summed E-state index contributed by atoms with van der Waals surface area (Å²) in [6, 6.07) is 10.3. The largest absolute Gasteiger partial charge is 0.324 e. The number of rotatable bonds is 3. The summed E-state index contributed by atoms with van der Waals surface area (Å²) in [7, 11) is 0. The molecule has 2 aromatic rings. The van der Waals surface area contributed by atoms with Crippen molar-refractivity contribution in [2.45, 2.75) is 38.9 Å². The van der Waals surface area contributed by atoms with Gasteiger partial charge in [0.15, 0.2) is 0 Å². The van der Waals surface area contributed by atoms with Crippen LogP contribution in [0.2, 0.25) is 10.0 Å². The van der Waals surface area contributed by atoms with E-state index in [0.29, 0.717) is 26.9 Å². The minimum atomic E-state index is -1.34. The molecule has 3 amide bonds. The number of aryl methyl sites for hydroxylation is 1. The molecule has 0 saturated carbocycles. The van der Waals surface area contributed by atoms with Gasteiger partial charge in [0.1, 0.15) is 5.54 Å². The molecule has 2 fully saturated rings. The Kier molecular flexibility index (Phi) is 4.89. The van der Waals surface area contributed by atoms with Crippen LogP contribution in [0.1, 0.15) is 30.5 Å². The summed E-state index contributed by atoms with van der Waals surface area (Å²) in [6.07, 6.45) is 0. The molecule has 0 bridgehead atoms. The number of halogens is 2. The normalized spacial score (nSPS) is 28.6. The third-order valence-electron chi connectivity index (χ3n) is 7.02. The number of likely N-dealkylation sites (tertiary alicyclic amines) is 1. The number of benzene rings is 2. The van der Waals surface area contributed by atoms with Gasteiger partial charge in [0.25, 0.3) is 0 Å². The Morgan fingerprint density at radius 1 is 1.09 bits per heavy atom. The zero-order valence-corrected chi connectivity index (χ0v) is 19.4. The first kappa shape index (κ1) is 21.4. The number of hydrogen-bond acceptors (Lipinski definition) is 4. The molecule has 6 nitrogen and oxygen atoms in total. The second-order valence-electron chi connectivity index (χ2n) is 9.18. The van der Waals surface area contributed by atoms with Crippen LogP contribution in [-0.2, 0) is 26.5 Å². The Balaban J connectivity index is 1.65. The van der Waals surface area contributed by atoms with Crippen molar-refractivity contribution in [2.75, 3.05) is 5.32 Å². The van der Waals surface area contributed by atoms with Crippen molar-refractivity contribution < 1.29 is 14.4 Å². The quantitative estimate of drug-likeness (QED) is 0.665. The van der Waals surface area contributed by atoms with Crippen molar-refractivity contribution in [3.63, 3.8) is 0 Å². The van der Waals surface area contributed by atoms with Gasteiger partial charge in [-0.2, -0.15) is 0 Å². The molecule has 32 heavy (non-hydrogen) atoms. The van der Waals surface area contributed by atoms with Crippen LogP contribution in [0.15, 0.2) is 36.4 Å². The maximum atomic E-state index is 13.8. The molecule has 2 aromatic carbocycles. The van der Waals surface area contributed by atoms with Gasteiger partial charge in [0.2, 0.25) is 17.7 Å². The van der Waals surface area contributed by atoms with Crippen LogP contribution in [0, 0.1) is 24.7 Å². The molecule has 3 aliphatic heterocycles. The third kappa shape index (κ3) is 2.79. The highest BCUT2D eigenvalue weighted by Gasteiger charge is 2.70. The summed E-state index contributed by atoms with van der Waals surface area (Å²) in [4.78, 5) is 42.1. The van der Waals surface area contributed by atoms with Gasteiger partial charge in [-0.3, -0.25) is 24.6 Å². The van der Waals surface area contributed by atoms with E-state index in [9.17, 15) is 14.4 Å². The second-order valence-corrected chi connectivity index (χ2v) is 10.0. The molecule has 3 heterocycles. The van der Waals surface area contributed by atoms with Gasteiger partial charge in [-0.25, -0.2) is 0 Å². The number of anilines is 1. The monoisotopic (exact) mass is 471 g/mol. The lowest BCUT2D eigenvalue weighted by Gasteiger charge is -2.30. The van der Waals surface area contributed by atoms with E-state index >= 15 is 0 Å². The van der Waals surface area contributed by atoms with Crippen LogP contribution in [-0.4, -0.2) is 28.7 Å². The van der Waals surface area contributed by atoms with Crippen molar-refractivity contribution in [3.05, 3.63) is 63.1 Å². The summed E-state index contributed by atoms with van der Waals surface area (Å²) >= 11 is 12.7. The van der Waals surface area contributed by atoms with Gasteiger partial charge >= 0.3 is 0 Å². The lowest BCUT2D eigenvalue weighted by Crippen LogP contribution is -2.53. The fourth-order valence-corrected chi connectivity index (χ4v) is 6.02. The maximum absolute atomic E-state index is 13.8. The molecule has 2 saturated heterocycles. The Morgan fingerprint density at radius 2 is 1.81 bits per heavy atom. The molecule has 3 aliphatic rings. The standard InChI is InChI=1S/C24H23Cl2N3O3/c1-11(2)19-17-18(22(31)29(21(17)30)10-13-6-4-5-7-16(13)26)24(28-19)15-9-14(25)8-12(3)20(15)27-23(24)32/h4-9,11,17-19,28H,10H2,1-3H3,(H,27,32)/t17-,18-,19+,24-/m0/s1. The van der Waals surface area contributed by atoms with Crippen LogP contribution in [0.25, 0.3) is 0 Å². The minimum absolute atomic E-state index is 0.0241. The zero-order chi connectivity index (χ0) is 22.9. The minimum Gasteiger partial charge on any atom is -0.324 e. The predicted octanol–water partition coefficient (Wildman–Crippen LogP) is 3.88. The summed E-state index contributed by atoms with van der Waals surface area (Å²) in [6.45, 7) is 5.91. The fraction of sp³-hybridized carbons (Fsp3) is 0.375. The van der Waals surface area contributed by atoms with Crippen molar-refractivity contribution >= 4 is 46.6 Å². The first-order valence-electron chi connectivity index (χ1n) is 10.6. The average Bonchev–Trinajstić information content (AvgIpc) is 3.31. The molecule has 0 unspecified atom stereocenters. The van der Waals surface area contributed by atoms with Crippen LogP contribution >= 0.6 is 23.2 Å². The predicted molar refractivity (Wildman–Crippen MR) is 122 cm³/mol. The van der Waals surface area contributed by atoms with E-state index in [1.54, 1.807) is 30.3 Å². The van der Waals surface area contributed by atoms with Crippen LogP contribution in [0.4, 0.5) is 5.69 Å². The van der Waals surface area contributed by atoms with Crippen molar-refractivity contribution in [1.82, 2.24) is 10.2 Å². The molecule has 166 valence electrons. The number of hydrogen-bond donors (Lipinski definition) is 2. The molecular formula is C24H23Cl2N3O3. The molecule has 0 radical (unpaired) electrons. The molecule has 0 aliphatic carbocycles. The van der Waals surface area contributed by atoms with Gasteiger partial charge in [0.05, 0.1) is 18.4 Å². The van der Waals surface area contributed by atoms with E-state index < -0.39 is 17.4 Å². The number of amides is 3. The van der Waals surface area contributed by atoms with E-state index in [2.05, 4.69) is 10.6 Å². The SMILES string of the molecule is Cc1cc(Cl)cc2c1NC(=O)[C@]21N[C@H](C(C)C)[C@H]2C(=O)N(Cc3ccccc3Cl)C(=O)[C@H]21. The number of fused-ring (bicyclic) bond motifs is 4. The molecule has 8 heteroatoms. The molecule has 1 spiro atoms. The lowest BCUT2D eigenvalue weighted by molar-refractivity contribution is -0.143. The van der Waals surface area contributed by atoms with E-state index in [-0.39, 0.29) is 36.2 Å². The Bertz CT molecular complexity index is 1180. The fourth-order valence-electron chi connectivity index (χ4n) is 5.55. The van der Waals surface area contributed by atoms with E-state index in [0.717, 1.165) is 5.56 Å². The molecule has 2 N–H and O–H groups in total. The smallest absolute Gasteiger partial charge is 0.250 e. The number of carbonyl (C=O) groups is 3. The van der Waals surface area contributed by atoms with Crippen LogP contribution < -0.4 is 10.6 Å². The van der Waals surface area contributed by atoms with Gasteiger partial charge in [0, 0.05) is 27.3 Å². The first-order valence-corrected chi connectivity index (χ1v) is 11.4. The Labute approximate surface area is 196 Å². The number of nitrogens with one attached hydrogen (secondary N) is 2. The highest BCUT2D eigenvalue weighted by atomic mass is 35.5. The molecule has 0 aromatic heterocycles. The number of nitrogens with zero attached hydrogens (tertiary/aromatic N) is 1. The van der Waals surface area contributed by atoms with Gasteiger partial charge in [-0.15, -0.1) is 0 Å². The molecule has 4 atom stereocenters. The summed E-state index contributed by atoms with van der Waals surface area (Å²) in [5, 5.41) is 7.33. The Hall–Kier alpha value is -2.41. The van der Waals surface area contributed by atoms with Gasteiger partial charge < -0.3 is 5.32 Å². The second kappa shape index (κ2) is 7.30. The van der Waals surface area contributed by atoms with Gasteiger partial charge in [-0.05, 0) is 42.2 Å². The Morgan fingerprint density at radius 3 is 2.50 bits per heavy atom. The van der Waals surface area contributed by atoms with Crippen molar-refractivity contribution in [3.8, 4) is 0 Å². The summed E-state index contributed by atoms with van der Waals surface area (Å²) in [5.41, 5.74) is 1.45. The highest BCUT2D eigenvalue weighted by Crippen LogP contribution is 2.55. The first-order chi connectivity index (χ1) is 15.2. The molecule has 5 rings (SSSR count). The number of carbonyl (C=O) groups excluding carboxylic acids is 3. The number of imide groups is 1. The zero-order valence-electron chi connectivity index (χ0n) is 17.9. The van der Waals surface area contributed by atoms with E-state index in [1.165, 1.54) is 4.90 Å². The van der Waals surface area contributed by atoms with E-state index in [4.69, 9.17) is 23.2 Å². The topological polar surface area (TPSA) is 78.5 Å². The highest BCUT2D eigenvalue weighted by molar-refractivity contribution is 6.31. The average molecular weight is 472 g/mol. The van der Waals surface area contributed by atoms with E-state index in [1.807, 2.05) is 26.8 Å². The van der Waals surface area contributed by atoms with Gasteiger partial charge in [-0.1, -0.05) is 55.2 Å². The molecular weight excluding hydrogens is 449 g/mol. The van der Waals surface area contributed by atoms with Crippen molar-refractivity contribution in [2.24, 2.45) is 17.8 Å². The summed E-state index contributed by atoms with van der Waals surface area (Å²) in [5.74, 6) is -2.45. The van der Waals surface area contributed by atoms with Crippen LogP contribution in [0.5, 0.6) is 0 Å².